The minimum Gasteiger partial charge on any atom is -0.491 e. The molecule has 1 atom stereocenters. The van der Waals surface area contributed by atoms with Crippen LogP contribution in [0.2, 0.25) is 0 Å². The highest BCUT2D eigenvalue weighted by molar-refractivity contribution is 5.31. The predicted octanol–water partition coefficient (Wildman–Crippen LogP) is 2.11. The molecule has 118 valence electrons. The molecule has 0 aromatic heterocycles. The Balaban J connectivity index is 2.12. The van der Waals surface area contributed by atoms with E-state index in [4.69, 9.17) is 10.5 Å². The predicted molar refractivity (Wildman–Crippen MR) is 87.7 cm³/mol. The Labute approximate surface area is 128 Å². The molecule has 1 aromatic rings. The molecule has 21 heavy (non-hydrogen) atoms. The van der Waals surface area contributed by atoms with Crippen LogP contribution in [0.5, 0.6) is 5.75 Å². The third-order valence-electron chi connectivity index (χ3n) is 4.03. The van der Waals surface area contributed by atoms with Gasteiger partial charge in [0.25, 0.3) is 0 Å². The first-order valence-electron chi connectivity index (χ1n) is 7.99. The molecule has 4 nitrogen and oxygen atoms in total. The second-order valence-electron chi connectivity index (χ2n) is 6.18. The van der Waals surface area contributed by atoms with Gasteiger partial charge in [-0.15, -0.1) is 0 Å². The normalized spacial score (nSPS) is 19.5. The lowest BCUT2D eigenvalue weighted by Gasteiger charge is -2.30. The maximum Gasteiger partial charge on any atom is 0.120 e. The molecule has 0 saturated carbocycles. The van der Waals surface area contributed by atoms with E-state index in [-0.39, 0.29) is 12.1 Å². The van der Waals surface area contributed by atoms with Crippen molar-refractivity contribution in [1.82, 2.24) is 9.80 Å². The van der Waals surface area contributed by atoms with Crippen molar-refractivity contribution < 1.29 is 4.74 Å². The maximum absolute atomic E-state index is 6.08. The van der Waals surface area contributed by atoms with Gasteiger partial charge in [-0.3, -0.25) is 4.90 Å². The molecule has 1 aliphatic heterocycles. The quantitative estimate of drug-likeness (QED) is 0.902. The lowest BCUT2D eigenvalue weighted by molar-refractivity contribution is 0.206. The molecule has 1 aliphatic rings. The Bertz CT molecular complexity index is 436. The SMILES string of the molecule is CC(C)Oc1cccc(C(CN)N2CCCN(C)CC2)c1. The Morgan fingerprint density at radius 2 is 2.00 bits per heavy atom. The van der Waals surface area contributed by atoms with E-state index in [9.17, 15) is 0 Å². The fraction of sp³-hybridized carbons (Fsp3) is 0.647. The molecule has 0 aliphatic carbocycles. The minimum atomic E-state index is 0.198. The van der Waals surface area contributed by atoms with E-state index in [0.29, 0.717) is 6.54 Å². The second kappa shape index (κ2) is 7.78. The molecule has 1 aromatic carbocycles. The number of benzene rings is 1. The maximum atomic E-state index is 6.08. The monoisotopic (exact) mass is 291 g/mol. The van der Waals surface area contributed by atoms with E-state index < -0.39 is 0 Å². The largest absolute Gasteiger partial charge is 0.491 e. The third kappa shape index (κ3) is 4.70. The second-order valence-corrected chi connectivity index (χ2v) is 6.18. The third-order valence-corrected chi connectivity index (χ3v) is 4.03. The molecule has 0 spiro atoms. The van der Waals surface area contributed by atoms with E-state index in [0.717, 1.165) is 25.4 Å². The summed E-state index contributed by atoms with van der Waals surface area (Å²) < 4.78 is 5.81. The summed E-state index contributed by atoms with van der Waals surface area (Å²) in [7, 11) is 2.19. The topological polar surface area (TPSA) is 41.7 Å². The Hall–Kier alpha value is -1.10. The van der Waals surface area contributed by atoms with Crippen LogP contribution in [-0.2, 0) is 0 Å². The molecule has 0 bridgehead atoms. The van der Waals surface area contributed by atoms with Gasteiger partial charge in [-0.1, -0.05) is 12.1 Å². The van der Waals surface area contributed by atoms with Crippen LogP contribution in [0.25, 0.3) is 0 Å². The number of hydrogen-bond acceptors (Lipinski definition) is 4. The summed E-state index contributed by atoms with van der Waals surface area (Å²) in [5, 5.41) is 0. The van der Waals surface area contributed by atoms with Crippen molar-refractivity contribution in [2.75, 3.05) is 39.8 Å². The van der Waals surface area contributed by atoms with Crippen LogP contribution >= 0.6 is 0 Å². The minimum absolute atomic E-state index is 0.198. The highest BCUT2D eigenvalue weighted by Crippen LogP contribution is 2.25. The van der Waals surface area contributed by atoms with Gasteiger partial charge in [-0.2, -0.15) is 0 Å². The average Bonchev–Trinajstić information content (AvgIpc) is 2.65. The van der Waals surface area contributed by atoms with Crippen LogP contribution in [0.3, 0.4) is 0 Å². The highest BCUT2D eigenvalue weighted by atomic mass is 16.5. The lowest BCUT2D eigenvalue weighted by Crippen LogP contribution is -2.36. The van der Waals surface area contributed by atoms with Crippen molar-refractivity contribution in [3.8, 4) is 5.75 Å². The summed E-state index contributed by atoms with van der Waals surface area (Å²) in [5.74, 6) is 0.938. The molecule has 4 heteroatoms. The zero-order valence-corrected chi connectivity index (χ0v) is 13.6. The molecule has 2 rings (SSSR count). The summed E-state index contributed by atoms with van der Waals surface area (Å²) in [6.07, 6.45) is 1.40. The van der Waals surface area contributed by atoms with E-state index in [1.165, 1.54) is 18.5 Å². The first-order chi connectivity index (χ1) is 10.1. The molecule has 0 radical (unpaired) electrons. The van der Waals surface area contributed by atoms with Gasteiger partial charge in [0, 0.05) is 32.2 Å². The van der Waals surface area contributed by atoms with Gasteiger partial charge in [0.05, 0.1) is 6.10 Å². The van der Waals surface area contributed by atoms with Crippen molar-refractivity contribution in [3.05, 3.63) is 29.8 Å². The smallest absolute Gasteiger partial charge is 0.120 e. The van der Waals surface area contributed by atoms with Crippen LogP contribution in [0, 0.1) is 0 Å². The number of rotatable bonds is 5. The van der Waals surface area contributed by atoms with Gasteiger partial charge in [0.1, 0.15) is 5.75 Å². The number of nitrogens with two attached hydrogens (primary N) is 1. The number of nitrogens with zero attached hydrogens (tertiary/aromatic N) is 2. The first kappa shape index (κ1) is 16.3. The molecule has 1 unspecified atom stereocenters. The average molecular weight is 291 g/mol. The number of hydrogen-bond donors (Lipinski definition) is 1. The zero-order valence-electron chi connectivity index (χ0n) is 13.6. The summed E-state index contributed by atoms with van der Waals surface area (Å²) in [6, 6.07) is 8.69. The van der Waals surface area contributed by atoms with E-state index in [1.807, 2.05) is 6.07 Å². The standard InChI is InChI=1S/C17H29N3O/c1-14(2)21-16-7-4-6-15(12-16)17(13-18)20-9-5-8-19(3)10-11-20/h4,6-7,12,14,17H,5,8-11,13,18H2,1-3H3. The molecule has 2 N–H and O–H groups in total. The van der Waals surface area contributed by atoms with E-state index in [2.05, 4.69) is 48.9 Å². The fourth-order valence-electron chi connectivity index (χ4n) is 2.94. The van der Waals surface area contributed by atoms with Crippen LogP contribution in [-0.4, -0.2) is 55.7 Å². The van der Waals surface area contributed by atoms with Crippen molar-refractivity contribution in [2.24, 2.45) is 5.73 Å². The van der Waals surface area contributed by atoms with Gasteiger partial charge in [0.15, 0.2) is 0 Å². The molecular formula is C17H29N3O. The zero-order chi connectivity index (χ0) is 15.2. The Kier molecular flexibility index (Phi) is 6.03. The van der Waals surface area contributed by atoms with Crippen LogP contribution < -0.4 is 10.5 Å². The molecule has 0 amide bonds. The summed E-state index contributed by atoms with van der Waals surface area (Å²) >= 11 is 0. The van der Waals surface area contributed by atoms with Crippen LogP contribution in [0.4, 0.5) is 0 Å². The molecule has 1 saturated heterocycles. The van der Waals surface area contributed by atoms with Crippen molar-refractivity contribution in [2.45, 2.75) is 32.4 Å². The van der Waals surface area contributed by atoms with Gasteiger partial charge in [-0.05, 0) is 51.6 Å². The van der Waals surface area contributed by atoms with Gasteiger partial charge >= 0.3 is 0 Å². The van der Waals surface area contributed by atoms with Gasteiger partial charge in [-0.25, -0.2) is 0 Å². The van der Waals surface area contributed by atoms with Crippen LogP contribution in [0.15, 0.2) is 24.3 Å². The summed E-state index contributed by atoms with van der Waals surface area (Å²) in [4.78, 5) is 4.91. The Morgan fingerprint density at radius 3 is 2.71 bits per heavy atom. The lowest BCUT2D eigenvalue weighted by atomic mass is 10.0. The molecule has 1 fully saturated rings. The van der Waals surface area contributed by atoms with Crippen molar-refractivity contribution in [3.63, 3.8) is 0 Å². The first-order valence-corrected chi connectivity index (χ1v) is 7.99. The van der Waals surface area contributed by atoms with Gasteiger partial charge in [0.2, 0.25) is 0 Å². The van der Waals surface area contributed by atoms with E-state index >= 15 is 0 Å². The Morgan fingerprint density at radius 1 is 1.19 bits per heavy atom. The fourth-order valence-corrected chi connectivity index (χ4v) is 2.94. The molecule has 1 heterocycles. The van der Waals surface area contributed by atoms with Crippen molar-refractivity contribution >= 4 is 0 Å². The van der Waals surface area contributed by atoms with E-state index in [1.54, 1.807) is 0 Å². The summed E-state index contributed by atoms with van der Waals surface area (Å²) in [6.45, 7) is 9.22. The highest BCUT2D eigenvalue weighted by Gasteiger charge is 2.21. The van der Waals surface area contributed by atoms with Gasteiger partial charge < -0.3 is 15.4 Å². The van der Waals surface area contributed by atoms with Crippen LogP contribution in [0.1, 0.15) is 31.9 Å². The number of ether oxygens (including phenoxy) is 1. The summed E-state index contributed by atoms with van der Waals surface area (Å²) in [5.41, 5.74) is 7.34. The molecular weight excluding hydrogens is 262 g/mol. The van der Waals surface area contributed by atoms with Crippen molar-refractivity contribution in [1.29, 1.82) is 0 Å². The number of likely N-dealkylation sites (N-methyl/N-ethyl adjacent to an activating group) is 1.